The fourth-order valence-corrected chi connectivity index (χ4v) is 8.83. The van der Waals surface area contributed by atoms with Crippen molar-refractivity contribution in [3.63, 3.8) is 0 Å². The van der Waals surface area contributed by atoms with Crippen molar-refractivity contribution in [2.75, 3.05) is 7.05 Å². The van der Waals surface area contributed by atoms with Crippen LogP contribution in [0.2, 0.25) is 0 Å². The van der Waals surface area contributed by atoms with Crippen molar-refractivity contribution in [3.05, 3.63) is 187 Å². The number of aromatic nitrogens is 1. The molecular formula is C46H32N4S. The van der Waals surface area contributed by atoms with E-state index >= 15 is 0 Å². The molecule has 1 aliphatic heterocycles. The van der Waals surface area contributed by atoms with Crippen LogP contribution in [-0.4, -0.2) is 28.2 Å². The third-order valence-corrected chi connectivity index (χ3v) is 11.3. The van der Waals surface area contributed by atoms with Crippen molar-refractivity contribution < 1.29 is 0 Å². The number of fused-ring (bicyclic) bond motifs is 6. The maximum atomic E-state index is 5.14. The summed E-state index contributed by atoms with van der Waals surface area (Å²) < 4.78 is 5.05. The Bertz CT molecular complexity index is 2810. The predicted molar refractivity (Wildman–Crippen MR) is 216 cm³/mol. The molecule has 0 saturated carbocycles. The van der Waals surface area contributed by atoms with Crippen LogP contribution in [0.1, 0.15) is 22.9 Å². The van der Waals surface area contributed by atoms with E-state index in [-0.39, 0.29) is 6.17 Å². The van der Waals surface area contributed by atoms with Gasteiger partial charge in [-0.3, -0.25) is 0 Å². The quantitative estimate of drug-likeness (QED) is 0.179. The van der Waals surface area contributed by atoms with E-state index < -0.39 is 0 Å². The second-order valence-corrected chi connectivity index (χ2v) is 14.1. The molecule has 0 aliphatic carbocycles. The summed E-state index contributed by atoms with van der Waals surface area (Å²) in [7, 11) is 2.08. The van der Waals surface area contributed by atoms with E-state index in [1.807, 2.05) is 35.6 Å². The van der Waals surface area contributed by atoms with Gasteiger partial charge in [0.25, 0.3) is 0 Å². The fraction of sp³-hybridized carbons (Fsp3) is 0.0435. The summed E-state index contributed by atoms with van der Waals surface area (Å²) in [5.41, 5.74) is 9.16. The Balaban J connectivity index is 1.10. The first kappa shape index (κ1) is 29.6. The molecule has 0 N–H and O–H groups in total. The van der Waals surface area contributed by atoms with Gasteiger partial charge in [0.15, 0.2) is 5.84 Å². The van der Waals surface area contributed by atoms with Gasteiger partial charge < -0.3 is 9.47 Å². The molecule has 0 amide bonds. The van der Waals surface area contributed by atoms with Gasteiger partial charge in [0.1, 0.15) is 12.0 Å². The molecule has 0 saturated heterocycles. The van der Waals surface area contributed by atoms with Crippen molar-refractivity contribution in [1.82, 2.24) is 9.47 Å². The van der Waals surface area contributed by atoms with Gasteiger partial charge in [0.2, 0.25) is 0 Å². The number of aliphatic imine (C=N–C) groups is 2. The molecule has 3 heterocycles. The molecule has 0 radical (unpaired) electrons. The summed E-state index contributed by atoms with van der Waals surface area (Å²) in [6, 6.07) is 60.7. The second-order valence-electron chi connectivity index (χ2n) is 13.1. The SMILES string of the molecule is CN1C(c2ccc(-n3c4ccccc4c4ccc(-c5cccc6c5sc5ccccc56)cc43)cc2)=NC(c2ccccc2)=NC1c1ccccc1. The van der Waals surface area contributed by atoms with E-state index in [0.29, 0.717) is 0 Å². The highest BCUT2D eigenvalue weighted by atomic mass is 32.1. The molecule has 0 bridgehead atoms. The van der Waals surface area contributed by atoms with E-state index in [9.17, 15) is 0 Å². The standard InChI is InChI=1S/C46H32N4S/c1-49-45(31-15-6-3-7-16-31)47-44(30-13-4-2-5-14-30)48-46(49)32-23-26-34(27-24-32)50-40-21-10-8-17-36(40)37-28-25-33(29-41(37)50)35-19-12-20-39-38-18-9-11-22-42(38)51-43(35)39/h2-29,45H,1H3. The lowest BCUT2D eigenvalue weighted by Crippen LogP contribution is -2.35. The number of benzene rings is 7. The lowest BCUT2D eigenvalue weighted by atomic mass is 10.0. The lowest BCUT2D eigenvalue weighted by Gasteiger charge is -2.32. The predicted octanol–water partition coefficient (Wildman–Crippen LogP) is 11.7. The van der Waals surface area contributed by atoms with E-state index in [1.54, 1.807) is 0 Å². The highest BCUT2D eigenvalue weighted by Gasteiger charge is 2.27. The van der Waals surface area contributed by atoms with E-state index in [4.69, 9.17) is 9.98 Å². The third-order valence-electron chi connectivity index (χ3n) is 10.1. The average Bonchev–Trinajstić information content (AvgIpc) is 3.74. The van der Waals surface area contributed by atoms with Gasteiger partial charge in [-0.25, -0.2) is 9.98 Å². The zero-order valence-corrected chi connectivity index (χ0v) is 28.8. The van der Waals surface area contributed by atoms with Crippen molar-refractivity contribution in [1.29, 1.82) is 0 Å². The first-order valence-corrected chi connectivity index (χ1v) is 18.1. The third kappa shape index (κ3) is 4.89. The zero-order chi connectivity index (χ0) is 33.9. The summed E-state index contributed by atoms with van der Waals surface area (Å²) in [5, 5.41) is 5.12. The van der Waals surface area contributed by atoms with Crippen LogP contribution in [0.4, 0.5) is 0 Å². The highest BCUT2D eigenvalue weighted by Crippen LogP contribution is 2.42. The Labute approximate surface area is 299 Å². The number of nitrogens with zero attached hydrogens (tertiary/aromatic N) is 4. The normalized spacial score (nSPS) is 14.8. The van der Waals surface area contributed by atoms with Crippen LogP contribution >= 0.6 is 11.3 Å². The Morgan fingerprint density at radius 3 is 2.02 bits per heavy atom. The molecular weight excluding hydrogens is 641 g/mol. The molecule has 5 heteroatoms. The van der Waals surface area contributed by atoms with E-state index in [2.05, 4.69) is 162 Å². The van der Waals surface area contributed by atoms with Gasteiger partial charge >= 0.3 is 0 Å². The smallest absolute Gasteiger partial charge is 0.159 e. The van der Waals surface area contributed by atoms with Gasteiger partial charge in [0.05, 0.1) is 11.0 Å². The Hall–Kier alpha value is -6.30. The van der Waals surface area contributed by atoms with Crippen LogP contribution in [0.15, 0.2) is 180 Å². The minimum atomic E-state index is -0.185. The van der Waals surface area contributed by atoms with Crippen LogP contribution < -0.4 is 0 Å². The van der Waals surface area contributed by atoms with Crippen LogP contribution in [0.25, 0.3) is 58.8 Å². The highest BCUT2D eigenvalue weighted by molar-refractivity contribution is 7.26. The number of thiophene rings is 1. The number of amidine groups is 2. The molecule has 51 heavy (non-hydrogen) atoms. The minimum absolute atomic E-state index is 0.185. The van der Waals surface area contributed by atoms with Gasteiger partial charge in [-0.15, -0.1) is 11.3 Å². The molecule has 2 aromatic heterocycles. The number of rotatable bonds is 5. The lowest BCUT2D eigenvalue weighted by molar-refractivity contribution is 0.383. The summed E-state index contributed by atoms with van der Waals surface area (Å²) in [4.78, 5) is 12.4. The van der Waals surface area contributed by atoms with Crippen LogP contribution in [-0.2, 0) is 0 Å². The first-order chi connectivity index (χ1) is 25.2. The molecule has 1 atom stereocenters. The van der Waals surface area contributed by atoms with Crippen molar-refractivity contribution >= 4 is 65.0 Å². The van der Waals surface area contributed by atoms with Crippen LogP contribution in [0, 0.1) is 0 Å². The molecule has 7 aromatic carbocycles. The Morgan fingerprint density at radius 1 is 0.529 bits per heavy atom. The monoisotopic (exact) mass is 672 g/mol. The van der Waals surface area contributed by atoms with Crippen LogP contribution in [0.3, 0.4) is 0 Å². The minimum Gasteiger partial charge on any atom is -0.333 e. The van der Waals surface area contributed by atoms with Crippen molar-refractivity contribution in [2.45, 2.75) is 6.17 Å². The fourth-order valence-electron chi connectivity index (χ4n) is 7.59. The second kappa shape index (κ2) is 11.9. The molecule has 0 fully saturated rings. The number of hydrogen-bond acceptors (Lipinski definition) is 4. The van der Waals surface area contributed by atoms with Crippen molar-refractivity contribution in [3.8, 4) is 16.8 Å². The topological polar surface area (TPSA) is 32.9 Å². The molecule has 10 rings (SSSR count). The molecule has 1 unspecified atom stereocenters. The van der Waals surface area contributed by atoms with E-state index in [1.165, 1.54) is 53.1 Å². The zero-order valence-electron chi connectivity index (χ0n) is 27.9. The largest absolute Gasteiger partial charge is 0.333 e. The van der Waals surface area contributed by atoms with Gasteiger partial charge in [0, 0.05) is 54.8 Å². The molecule has 0 spiro atoms. The van der Waals surface area contributed by atoms with E-state index in [0.717, 1.165) is 34.0 Å². The molecule has 4 nitrogen and oxygen atoms in total. The Kier molecular flexibility index (Phi) is 6.93. The average molecular weight is 673 g/mol. The summed E-state index contributed by atoms with van der Waals surface area (Å²) in [6.45, 7) is 0. The molecule has 9 aromatic rings. The summed E-state index contributed by atoms with van der Waals surface area (Å²) >= 11 is 1.88. The molecule has 1 aliphatic rings. The van der Waals surface area contributed by atoms with Gasteiger partial charge in [-0.1, -0.05) is 127 Å². The Morgan fingerprint density at radius 2 is 1.20 bits per heavy atom. The maximum absolute atomic E-state index is 5.14. The van der Waals surface area contributed by atoms with Crippen LogP contribution in [0.5, 0.6) is 0 Å². The maximum Gasteiger partial charge on any atom is 0.159 e. The van der Waals surface area contributed by atoms with Gasteiger partial charge in [-0.05, 0) is 59.2 Å². The molecule has 242 valence electrons. The van der Waals surface area contributed by atoms with Gasteiger partial charge in [-0.2, -0.15) is 0 Å². The summed E-state index contributed by atoms with van der Waals surface area (Å²) in [5.74, 6) is 1.63. The number of para-hydroxylation sites is 1. The summed E-state index contributed by atoms with van der Waals surface area (Å²) in [6.07, 6.45) is -0.185. The number of hydrogen-bond donors (Lipinski definition) is 0. The van der Waals surface area contributed by atoms with Crippen molar-refractivity contribution in [2.24, 2.45) is 9.98 Å². The first-order valence-electron chi connectivity index (χ1n) is 17.3.